The van der Waals surface area contributed by atoms with Crippen molar-refractivity contribution >= 4 is 0 Å². The van der Waals surface area contributed by atoms with Gasteiger partial charge in [-0.05, 0) is 50.9 Å². The topological polar surface area (TPSA) is 38.7 Å². The molecule has 6 aromatic rings. The van der Waals surface area contributed by atoms with Crippen molar-refractivity contribution in [2.45, 2.75) is 25.7 Å². The Balaban J connectivity index is 1.34. The van der Waals surface area contributed by atoms with Gasteiger partial charge in [-0.25, -0.2) is 15.0 Å². The fourth-order valence-corrected chi connectivity index (χ4v) is 6.71. The molecule has 2 aliphatic rings. The summed E-state index contributed by atoms with van der Waals surface area (Å²) in [6.07, 6.45) is 0.869. The first-order valence-corrected chi connectivity index (χ1v) is 13.9. The van der Waals surface area contributed by atoms with Crippen molar-refractivity contribution in [1.29, 1.82) is 0 Å². The van der Waals surface area contributed by atoms with E-state index in [9.17, 15) is 0 Å². The molecule has 5 aromatic carbocycles. The van der Waals surface area contributed by atoms with Gasteiger partial charge in [-0.1, -0.05) is 129 Å². The van der Waals surface area contributed by atoms with E-state index in [2.05, 4.69) is 92.7 Å². The summed E-state index contributed by atoms with van der Waals surface area (Å²) in [7, 11) is 0. The molecule has 0 spiro atoms. The Bertz CT molecular complexity index is 1880. The van der Waals surface area contributed by atoms with Crippen LogP contribution in [0.25, 0.3) is 56.4 Å². The van der Waals surface area contributed by atoms with Crippen LogP contribution in [0.4, 0.5) is 0 Å². The minimum absolute atomic E-state index is 0.0665. The van der Waals surface area contributed by atoms with E-state index < -0.39 is 0 Å². The first kappa shape index (κ1) is 23.0. The number of nitrogens with zero attached hydrogens (tertiary/aromatic N) is 3. The first-order chi connectivity index (χ1) is 19.6. The number of hydrogen-bond donors (Lipinski definition) is 0. The SMILES string of the molecule is CC1(C)c2ccccc2-c2ccc3c(c21)-c1cccc(-c2nc(-c4ccccc4)nc(-c4ccccc4)n2)c1C3. The molecule has 190 valence electrons. The zero-order chi connectivity index (χ0) is 26.8. The van der Waals surface area contributed by atoms with Crippen LogP contribution in [-0.4, -0.2) is 15.0 Å². The van der Waals surface area contributed by atoms with Gasteiger partial charge in [0.05, 0.1) is 0 Å². The molecule has 0 N–H and O–H groups in total. The van der Waals surface area contributed by atoms with Crippen molar-refractivity contribution in [3.63, 3.8) is 0 Å². The van der Waals surface area contributed by atoms with Crippen molar-refractivity contribution in [1.82, 2.24) is 15.0 Å². The molecule has 1 aromatic heterocycles. The summed E-state index contributed by atoms with van der Waals surface area (Å²) in [5.41, 5.74) is 13.9. The van der Waals surface area contributed by atoms with Crippen LogP contribution in [0.5, 0.6) is 0 Å². The number of hydrogen-bond acceptors (Lipinski definition) is 3. The van der Waals surface area contributed by atoms with Crippen molar-refractivity contribution in [3.05, 3.63) is 138 Å². The summed E-state index contributed by atoms with van der Waals surface area (Å²) in [6.45, 7) is 4.73. The third kappa shape index (κ3) is 3.34. The van der Waals surface area contributed by atoms with E-state index in [0.29, 0.717) is 11.6 Å². The Morgan fingerprint density at radius 2 is 1.07 bits per heavy atom. The maximum atomic E-state index is 5.05. The molecule has 0 radical (unpaired) electrons. The summed E-state index contributed by atoms with van der Waals surface area (Å²) in [5, 5.41) is 0. The van der Waals surface area contributed by atoms with Crippen LogP contribution >= 0.6 is 0 Å². The molecule has 0 fully saturated rings. The van der Waals surface area contributed by atoms with Gasteiger partial charge < -0.3 is 0 Å². The van der Waals surface area contributed by atoms with Crippen molar-refractivity contribution in [2.24, 2.45) is 0 Å². The molecule has 0 saturated carbocycles. The van der Waals surface area contributed by atoms with Crippen LogP contribution in [-0.2, 0) is 11.8 Å². The van der Waals surface area contributed by atoms with Crippen molar-refractivity contribution in [3.8, 4) is 56.4 Å². The highest BCUT2D eigenvalue weighted by Crippen LogP contribution is 2.55. The normalized spacial score (nSPS) is 13.8. The van der Waals surface area contributed by atoms with Gasteiger partial charge in [0.2, 0.25) is 0 Å². The highest BCUT2D eigenvalue weighted by atomic mass is 15.0. The molecular formula is C37H27N3. The molecule has 1 heterocycles. The minimum Gasteiger partial charge on any atom is -0.208 e. The molecule has 0 amide bonds. The van der Waals surface area contributed by atoms with E-state index in [1.54, 1.807) is 0 Å². The largest absolute Gasteiger partial charge is 0.208 e. The monoisotopic (exact) mass is 513 g/mol. The maximum absolute atomic E-state index is 5.05. The predicted octanol–water partition coefficient (Wildman–Crippen LogP) is 8.75. The van der Waals surface area contributed by atoms with Crippen LogP contribution < -0.4 is 0 Å². The molecular weight excluding hydrogens is 486 g/mol. The van der Waals surface area contributed by atoms with Crippen LogP contribution in [0, 0.1) is 0 Å². The number of rotatable bonds is 3. The molecule has 0 unspecified atom stereocenters. The van der Waals surface area contributed by atoms with E-state index in [-0.39, 0.29) is 5.41 Å². The zero-order valence-electron chi connectivity index (χ0n) is 22.5. The van der Waals surface area contributed by atoms with Crippen LogP contribution in [0.1, 0.15) is 36.1 Å². The molecule has 0 saturated heterocycles. The third-order valence-electron chi connectivity index (χ3n) is 8.56. The van der Waals surface area contributed by atoms with E-state index in [0.717, 1.165) is 28.9 Å². The van der Waals surface area contributed by atoms with Gasteiger partial charge in [-0.15, -0.1) is 0 Å². The van der Waals surface area contributed by atoms with E-state index in [1.165, 1.54) is 44.5 Å². The fraction of sp³-hybridized carbons (Fsp3) is 0.108. The number of aromatic nitrogens is 3. The lowest BCUT2D eigenvalue weighted by molar-refractivity contribution is 0.662. The van der Waals surface area contributed by atoms with Crippen molar-refractivity contribution in [2.75, 3.05) is 0 Å². The Morgan fingerprint density at radius 1 is 0.500 bits per heavy atom. The lowest BCUT2D eigenvalue weighted by Gasteiger charge is -2.24. The Hall–Kier alpha value is -4.89. The first-order valence-electron chi connectivity index (χ1n) is 13.9. The van der Waals surface area contributed by atoms with Gasteiger partial charge in [0.25, 0.3) is 0 Å². The summed E-state index contributed by atoms with van der Waals surface area (Å²) < 4.78 is 0. The van der Waals surface area contributed by atoms with Crippen LogP contribution in [0.3, 0.4) is 0 Å². The average molecular weight is 514 g/mol. The summed E-state index contributed by atoms with van der Waals surface area (Å²) in [4.78, 5) is 15.0. The lowest BCUT2D eigenvalue weighted by atomic mass is 9.78. The van der Waals surface area contributed by atoms with Gasteiger partial charge in [0.1, 0.15) is 0 Å². The summed E-state index contributed by atoms with van der Waals surface area (Å²) in [5.74, 6) is 2.10. The minimum atomic E-state index is -0.0665. The summed E-state index contributed by atoms with van der Waals surface area (Å²) >= 11 is 0. The number of fused-ring (bicyclic) bond motifs is 7. The fourth-order valence-electron chi connectivity index (χ4n) is 6.71. The Labute approximate surface area is 234 Å². The molecule has 0 atom stereocenters. The molecule has 3 heteroatoms. The molecule has 0 bridgehead atoms. The second kappa shape index (κ2) is 8.56. The van der Waals surface area contributed by atoms with Crippen molar-refractivity contribution < 1.29 is 0 Å². The zero-order valence-corrected chi connectivity index (χ0v) is 22.5. The quantitative estimate of drug-likeness (QED) is 0.237. The molecule has 2 aliphatic carbocycles. The van der Waals surface area contributed by atoms with E-state index >= 15 is 0 Å². The van der Waals surface area contributed by atoms with Gasteiger partial charge >= 0.3 is 0 Å². The highest BCUT2D eigenvalue weighted by Gasteiger charge is 2.40. The molecule has 0 aliphatic heterocycles. The maximum Gasteiger partial charge on any atom is 0.164 e. The lowest BCUT2D eigenvalue weighted by Crippen LogP contribution is -2.16. The standard InChI is InChI=1S/C37H27N3/c1-37(2)31-19-10-9-16-26(31)28-21-20-25-22-30-27(32(25)33(28)37)17-11-18-29(30)36-39-34(23-12-5-3-6-13-23)38-35(40-36)24-14-7-4-8-15-24/h3-21H,22H2,1-2H3. The third-order valence-corrected chi connectivity index (χ3v) is 8.56. The number of benzene rings is 5. The van der Waals surface area contributed by atoms with Crippen LogP contribution in [0.15, 0.2) is 115 Å². The smallest absolute Gasteiger partial charge is 0.164 e. The Morgan fingerprint density at radius 3 is 1.77 bits per heavy atom. The van der Waals surface area contributed by atoms with Gasteiger partial charge in [0, 0.05) is 22.1 Å². The highest BCUT2D eigenvalue weighted by molar-refractivity contribution is 5.94. The van der Waals surface area contributed by atoms with Gasteiger partial charge in [0.15, 0.2) is 17.5 Å². The van der Waals surface area contributed by atoms with E-state index in [1.807, 2.05) is 36.4 Å². The second-order valence-corrected chi connectivity index (χ2v) is 11.2. The molecule has 40 heavy (non-hydrogen) atoms. The Kier molecular flexibility index (Phi) is 4.93. The molecule has 3 nitrogen and oxygen atoms in total. The average Bonchev–Trinajstić information content (AvgIpc) is 3.50. The van der Waals surface area contributed by atoms with E-state index in [4.69, 9.17) is 15.0 Å². The van der Waals surface area contributed by atoms with Crippen LogP contribution in [0.2, 0.25) is 0 Å². The summed E-state index contributed by atoms with van der Waals surface area (Å²) in [6, 6.07) is 40.5. The van der Waals surface area contributed by atoms with Gasteiger partial charge in [-0.2, -0.15) is 0 Å². The molecule has 8 rings (SSSR count). The predicted molar refractivity (Wildman–Crippen MR) is 162 cm³/mol. The van der Waals surface area contributed by atoms with Gasteiger partial charge in [-0.3, -0.25) is 0 Å². The second-order valence-electron chi connectivity index (χ2n) is 11.2.